The zero-order chi connectivity index (χ0) is 13.3. The first kappa shape index (κ1) is 12.6. The fourth-order valence-electron chi connectivity index (χ4n) is 1.79. The molecule has 0 aromatic heterocycles. The average molecular weight is 245 g/mol. The topological polar surface area (TPSA) is 46.2 Å². The van der Waals surface area contributed by atoms with Gasteiger partial charge in [-0.1, -0.05) is 24.3 Å². The van der Waals surface area contributed by atoms with Crippen molar-refractivity contribution in [2.24, 2.45) is 0 Å². The molecule has 0 bridgehead atoms. The van der Waals surface area contributed by atoms with Crippen molar-refractivity contribution in [1.29, 1.82) is 0 Å². The maximum absolute atomic E-state index is 14.0. The van der Waals surface area contributed by atoms with E-state index in [1.54, 1.807) is 50.2 Å². The molecule has 0 amide bonds. The van der Waals surface area contributed by atoms with Gasteiger partial charge in [0, 0.05) is 11.3 Å². The van der Waals surface area contributed by atoms with E-state index in [2.05, 4.69) is 0 Å². The minimum Gasteiger partial charge on any atom is -0.399 e. The maximum atomic E-state index is 14.0. The molecule has 0 radical (unpaired) electrons. The number of hydrogen-bond donors (Lipinski definition) is 2. The molecule has 0 spiro atoms. The van der Waals surface area contributed by atoms with Crippen molar-refractivity contribution in [3.8, 4) is 11.1 Å². The summed E-state index contributed by atoms with van der Waals surface area (Å²) in [5, 5.41) is 9.83. The van der Waals surface area contributed by atoms with Crippen LogP contribution in [0.1, 0.15) is 19.4 Å². The second kappa shape index (κ2) is 4.42. The van der Waals surface area contributed by atoms with E-state index in [1.165, 1.54) is 6.07 Å². The molecule has 0 aliphatic rings. The third-order valence-electron chi connectivity index (χ3n) is 2.90. The Balaban J connectivity index is 2.45. The van der Waals surface area contributed by atoms with Crippen LogP contribution in [0.4, 0.5) is 10.1 Å². The lowest BCUT2D eigenvalue weighted by atomic mass is 9.95. The highest BCUT2D eigenvalue weighted by Gasteiger charge is 2.17. The smallest absolute Gasteiger partial charge is 0.131 e. The van der Waals surface area contributed by atoms with E-state index in [1.807, 2.05) is 0 Å². The van der Waals surface area contributed by atoms with Gasteiger partial charge < -0.3 is 10.8 Å². The molecule has 2 aromatic rings. The highest BCUT2D eigenvalue weighted by Crippen LogP contribution is 2.28. The second-order valence-electron chi connectivity index (χ2n) is 4.88. The van der Waals surface area contributed by atoms with Crippen LogP contribution < -0.4 is 5.73 Å². The van der Waals surface area contributed by atoms with E-state index in [-0.39, 0.29) is 5.82 Å². The Morgan fingerprint density at radius 3 is 2.17 bits per heavy atom. The van der Waals surface area contributed by atoms with Crippen LogP contribution >= 0.6 is 0 Å². The minimum absolute atomic E-state index is 0.348. The molecule has 0 atom stereocenters. The van der Waals surface area contributed by atoms with Crippen LogP contribution in [0.5, 0.6) is 0 Å². The molecule has 2 aromatic carbocycles. The van der Waals surface area contributed by atoms with Gasteiger partial charge in [-0.05, 0) is 43.2 Å². The van der Waals surface area contributed by atoms with Crippen molar-refractivity contribution in [1.82, 2.24) is 0 Å². The third-order valence-corrected chi connectivity index (χ3v) is 2.90. The number of hydrogen-bond acceptors (Lipinski definition) is 2. The Bertz CT molecular complexity index is 556. The standard InChI is InChI=1S/C15H16FNO/c1-15(2,18)11-5-8-13(14(16)9-11)10-3-6-12(17)7-4-10/h3-9,18H,17H2,1-2H3. The first-order valence-corrected chi connectivity index (χ1v) is 5.76. The fraction of sp³-hybridized carbons (Fsp3) is 0.200. The summed E-state index contributed by atoms with van der Waals surface area (Å²) >= 11 is 0. The second-order valence-corrected chi connectivity index (χ2v) is 4.88. The van der Waals surface area contributed by atoms with Crippen molar-refractivity contribution in [3.05, 3.63) is 53.8 Å². The number of rotatable bonds is 2. The molecule has 0 aliphatic carbocycles. The maximum Gasteiger partial charge on any atom is 0.131 e. The van der Waals surface area contributed by atoms with Gasteiger partial charge in [-0.25, -0.2) is 4.39 Å². The molecular formula is C15H16FNO. The first-order chi connectivity index (χ1) is 8.38. The largest absolute Gasteiger partial charge is 0.399 e. The zero-order valence-electron chi connectivity index (χ0n) is 10.4. The quantitative estimate of drug-likeness (QED) is 0.797. The predicted octanol–water partition coefficient (Wildman–Crippen LogP) is 3.30. The van der Waals surface area contributed by atoms with Crippen LogP contribution in [0.2, 0.25) is 0 Å². The molecular weight excluding hydrogens is 229 g/mol. The molecule has 18 heavy (non-hydrogen) atoms. The van der Waals surface area contributed by atoms with Crippen molar-refractivity contribution in [2.45, 2.75) is 19.4 Å². The molecule has 0 unspecified atom stereocenters. The molecule has 3 N–H and O–H groups in total. The molecule has 0 heterocycles. The van der Waals surface area contributed by atoms with E-state index in [9.17, 15) is 9.50 Å². The van der Waals surface area contributed by atoms with Crippen molar-refractivity contribution in [3.63, 3.8) is 0 Å². The van der Waals surface area contributed by atoms with Gasteiger partial charge in [0.15, 0.2) is 0 Å². The molecule has 0 saturated heterocycles. The number of aliphatic hydroxyl groups is 1. The summed E-state index contributed by atoms with van der Waals surface area (Å²) in [4.78, 5) is 0. The summed E-state index contributed by atoms with van der Waals surface area (Å²) in [5.41, 5.74) is 7.03. The predicted molar refractivity (Wildman–Crippen MR) is 71.5 cm³/mol. The monoisotopic (exact) mass is 245 g/mol. The van der Waals surface area contributed by atoms with E-state index in [0.717, 1.165) is 5.56 Å². The molecule has 0 saturated carbocycles. The number of anilines is 1. The van der Waals surface area contributed by atoms with E-state index >= 15 is 0 Å². The van der Waals surface area contributed by atoms with Gasteiger partial charge in [0.1, 0.15) is 5.82 Å². The lowest BCUT2D eigenvalue weighted by Crippen LogP contribution is -2.15. The summed E-state index contributed by atoms with van der Waals surface area (Å²) in [6.45, 7) is 3.26. The first-order valence-electron chi connectivity index (χ1n) is 5.76. The number of benzene rings is 2. The number of halogens is 1. The molecule has 0 aliphatic heterocycles. The molecule has 2 rings (SSSR count). The van der Waals surface area contributed by atoms with Crippen LogP contribution in [0.15, 0.2) is 42.5 Å². The van der Waals surface area contributed by atoms with Crippen LogP contribution in [0.3, 0.4) is 0 Å². The third kappa shape index (κ3) is 2.51. The zero-order valence-corrected chi connectivity index (χ0v) is 10.4. The van der Waals surface area contributed by atoms with Crippen molar-refractivity contribution >= 4 is 5.69 Å². The summed E-state index contributed by atoms with van der Waals surface area (Å²) in [6.07, 6.45) is 0. The van der Waals surface area contributed by atoms with Gasteiger partial charge in [-0.15, -0.1) is 0 Å². The molecule has 94 valence electrons. The van der Waals surface area contributed by atoms with E-state index in [4.69, 9.17) is 5.73 Å². The fourth-order valence-corrected chi connectivity index (χ4v) is 1.79. The van der Waals surface area contributed by atoms with Crippen molar-refractivity contribution in [2.75, 3.05) is 5.73 Å². The van der Waals surface area contributed by atoms with Gasteiger partial charge in [0.2, 0.25) is 0 Å². The van der Waals surface area contributed by atoms with Gasteiger partial charge in [0.25, 0.3) is 0 Å². The van der Waals surface area contributed by atoms with Gasteiger partial charge in [-0.2, -0.15) is 0 Å². The minimum atomic E-state index is -1.04. The Hall–Kier alpha value is -1.87. The highest BCUT2D eigenvalue weighted by atomic mass is 19.1. The summed E-state index contributed by atoms with van der Waals surface area (Å²) < 4.78 is 14.0. The summed E-state index contributed by atoms with van der Waals surface area (Å²) in [6, 6.07) is 11.8. The van der Waals surface area contributed by atoms with Crippen LogP contribution in [-0.4, -0.2) is 5.11 Å². The van der Waals surface area contributed by atoms with Crippen LogP contribution in [0.25, 0.3) is 11.1 Å². The normalized spacial score (nSPS) is 11.6. The van der Waals surface area contributed by atoms with E-state index < -0.39 is 5.60 Å². The summed E-state index contributed by atoms with van der Waals surface area (Å²) in [7, 11) is 0. The summed E-state index contributed by atoms with van der Waals surface area (Å²) in [5.74, 6) is -0.348. The lowest BCUT2D eigenvalue weighted by molar-refractivity contribution is 0.0782. The Morgan fingerprint density at radius 1 is 1.06 bits per heavy atom. The van der Waals surface area contributed by atoms with Crippen LogP contribution in [0, 0.1) is 5.82 Å². The number of nitrogen functional groups attached to an aromatic ring is 1. The Morgan fingerprint density at radius 2 is 1.67 bits per heavy atom. The lowest BCUT2D eigenvalue weighted by Gasteiger charge is -2.18. The van der Waals surface area contributed by atoms with Gasteiger partial charge >= 0.3 is 0 Å². The highest BCUT2D eigenvalue weighted by molar-refractivity contribution is 5.66. The molecule has 3 heteroatoms. The molecule has 2 nitrogen and oxygen atoms in total. The van der Waals surface area contributed by atoms with Crippen LogP contribution in [-0.2, 0) is 5.60 Å². The van der Waals surface area contributed by atoms with Gasteiger partial charge in [-0.3, -0.25) is 0 Å². The Labute approximate surface area is 106 Å². The average Bonchev–Trinajstić information content (AvgIpc) is 2.29. The number of nitrogens with two attached hydrogens (primary N) is 1. The SMILES string of the molecule is CC(C)(O)c1ccc(-c2ccc(N)cc2)c(F)c1. The van der Waals surface area contributed by atoms with Gasteiger partial charge in [0.05, 0.1) is 5.60 Å². The van der Waals surface area contributed by atoms with E-state index in [0.29, 0.717) is 16.8 Å². The van der Waals surface area contributed by atoms with Crippen molar-refractivity contribution < 1.29 is 9.50 Å². The Kier molecular flexibility index (Phi) is 3.09. The molecule has 0 fully saturated rings.